The Morgan fingerprint density at radius 2 is 1.87 bits per heavy atom. The molecule has 0 radical (unpaired) electrons. The number of hydrogen-bond acceptors (Lipinski definition) is 3. The smallest absolute Gasteiger partial charge is 0.224 e. The molecule has 2 N–H and O–H groups in total. The molecule has 5 nitrogen and oxygen atoms in total. The molecule has 0 atom stereocenters. The molecule has 0 bridgehead atoms. The summed E-state index contributed by atoms with van der Waals surface area (Å²) in [6.07, 6.45) is 1.61. The monoisotopic (exact) mass is 405 g/mol. The summed E-state index contributed by atoms with van der Waals surface area (Å²) in [7, 11) is 3.63. The summed E-state index contributed by atoms with van der Waals surface area (Å²) < 4.78 is 0.993. The SMILES string of the molecule is CNCCCC(=O)NCCC(=O)N(C)Cc1ccccc1Br.Cl. The van der Waals surface area contributed by atoms with E-state index in [1.54, 1.807) is 11.9 Å². The van der Waals surface area contributed by atoms with Crippen molar-refractivity contribution < 1.29 is 9.59 Å². The molecule has 0 spiro atoms. The first-order valence-corrected chi connectivity index (χ1v) is 8.22. The Kier molecular flexibility index (Phi) is 11.7. The summed E-state index contributed by atoms with van der Waals surface area (Å²) in [5, 5.41) is 5.77. The highest BCUT2D eigenvalue weighted by Crippen LogP contribution is 2.17. The van der Waals surface area contributed by atoms with Gasteiger partial charge in [0.05, 0.1) is 0 Å². The normalized spacial score (nSPS) is 9.87. The van der Waals surface area contributed by atoms with Gasteiger partial charge in [0, 0.05) is 37.5 Å². The van der Waals surface area contributed by atoms with Gasteiger partial charge >= 0.3 is 0 Å². The van der Waals surface area contributed by atoms with E-state index in [1.807, 2.05) is 31.3 Å². The van der Waals surface area contributed by atoms with Crippen molar-refractivity contribution in [2.75, 3.05) is 27.2 Å². The number of nitrogens with one attached hydrogen (secondary N) is 2. The maximum Gasteiger partial charge on any atom is 0.224 e. The van der Waals surface area contributed by atoms with Crippen LogP contribution in [0.1, 0.15) is 24.8 Å². The number of benzene rings is 1. The van der Waals surface area contributed by atoms with Crippen molar-refractivity contribution in [2.24, 2.45) is 0 Å². The lowest BCUT2D eigenvalue weighted by molar-refractivity contribution is -0.130. The quantitative estimate of drug-likeness (QED) is 0.619. The fourth-order valence-electron chi connectivity index (χ4n) is 1.98. The fourth-order valence-corrected chi connectivity index (χ4v) is 2.39. The van der Waals surface area contributed by atoms with Gasteiger partial charge < -0.3 is 15.5 Å². The van der Waals surface area contributed by atoms with Crippen LogP contribution in [-0.4, -0.2) is 43.9 Å². The van der Waals surface area contributed by atoms with Crippen molar-refractivity contribution in [3.8, 4) is 0 Å². The maximum absolute atomic E-state index is 12.0. The van der Waals surface area contributed by atoms with Gasteiger partial charge in [-0.1, -0.05) is 34.1 Å². The van der Waals surface area contributed by atoms with E-state index < -0.39 is 0 Å². The van der Waals surface area contributed by atoms with E-state index in [1.165, 1.54) is 0 Å². The summed E-state index contributed by atoms with van der Waals surface area (Å²) in [5.41, 5.74) is 1.06. The Morgan fingerprint density at radius 1 is 1.17 bits per heavy atom. The molecule has 2 amide bonds. The third-order valence-corrected chi connectivity index (χ3v) is 4.06. The molecule has 0 aliphatic carbocycles. The first kappa shape index (κ1) is 21.9. The summed E-state index contributed by atoms with van der Waals surface area (Å²) >= 11 is 3.48. The number of carbonyl (C=O) groups is 2. The molecule has 0 saturated carbocycles. The number of nitrogens with zero attached hydrogens (tertiary/aromatic N) is 1. The van der Waals surface area contributed by atoms with Gasteiger partial charge in [-0.15, -0.1) is 12.4 Å². The number of hydrogen-bond donors (Lipinski definition) is 2. The third-order valence-electron chi connectivity index (χ3n) is 3.28. The molecule has 1 rings (SSSR count). The molecule has 0 aliphatic heterocycles. The molecule has 1 aromatic carbocycles. The largest absolute Gasteiger partial charge is 0.356 e. The molecule has 0 unspecified atom stereocenters. The summed E-state index contributed by atoms with van der Waals surface area (Å²) in [5.74, 6) is 0.0165. The van der Waals surface area contributed by atoms with Gasteiger partial charge in [0.1, 0.15) is 0 Å². The number of amides is 2. The second-order valence-electron chi connectivity index (χ2n) is 5.15. The average molecular weight is 407 g/mol. The van der Waals surface area contributed by atoms with Crippen LogP contribution in [0.4, 0.5) is 0 Å². The van der Waals surface area contributed by atoms with E-state index in [0.29, 0.717) is 25.9 Å². The van der Waals surface area contributed by atoms with E-state index in [9.17, 15) is 9.59 Å². The summed E-state index contributed by atoms with van der Waals surface area (Å²) in [6.45, 7) is 1.76. The van der Waals surface area contributed by atoms with Crippen molar-refractivity contribution in [3.63, 3.8) is 0 Å². The molecule has 23 heavy (non-hydrogen) atoms. The van der Waals surface area contributed by atoms with Crippen LogP contribution in [-0.2, 0) is 16.1 Å². The van der Waals surface area contributed by atoms with Crippen LogP contribution >= 0.6 is 28.3 Å². The molecule has 0 aliphatic rings. The molecular formula is C16H25BrClN3O2. The Bertz CT molecular complexity index is 500. The van der Waals surface area contributed by atoms with Crippen LogP contribution in [0, 0.1) is 0 Å². The molecular weight excluding hydrogens is 382 g/mol. The van der Waals surface area contributed by atoms with Crippen LogP contribution in [0.2, 0.25) is 0 Å². The van der Waals surface area contributed by atoms with Gasteiger partial charge in [-0.05, 0) is 31.6 Å². The van der Waals surface area contributed by atoms with E-state index in [0.717, 1.165) is 23.0 Å². The predicted octanol–water partition coefficient (Wildman–Crippen LogP) is 2.34. The van der Waals surface area contributed by atoms with E-state index in [-0.39, 0.29) is 24.2 Å². The first-order chi connectivity index (χ1) is 10.5. The lowest BCUT2D eigenvalue weighted by atomic mass is 10.2. The van der Waals surface area contributed by atoms with E-state index in [4.69, 9.17) is 0 Å². The van der Waals surface area contributed by atoms with Crippen LogP contribution in [0.25, 0.3) is 0 Å². The highest BCUT2D eigenvalue weighted by molar-refractivity contribution is 9.10. The van der Waals surface area contributed by atoms with Crippen LogP contribution < -0.4 is 10.6 Å². The standard InChI is InChI=1S/C16H24BrN3O2.ClH/c1-18-10-5-8-15(21)19-11-9-16(22)20(2)12-13-6-3-4-7-14(13)17;/h3-4,6-7,18H,5,8-12H2,1-2H3,(H,19,21);1H. The molecule has 0 aromatic heterocycles. The van der Waals surface area contributed by atoms with Crippen LogP contribution in [0.15, 0.2) is 28.7 Å². The molecule has 0 heterocycles. The van der Waals surface area contributed by atoms with Gasteiger partial charge in [0.2, 0.25) is 11.8 Å². The zero-order chi connectivity index (χ0) is 16.4. The summed E-state index contributed by atoms with van der Waals surface area (Å²) in [4.78, 5) is 25.3. The second-order valence-corrected chi connectivity index (χ2v) is 6.00. The minimum absolute atomic E-state index is 0. The Morgan fingerprint density at radius 3 is 2.52 bits per heavy atom. The zero-order valence-corrected chi connectivity index (χ0v) is 16.0. The van der Waals surface area contributed by atoms with Gasteiger partial charge in [-0.2, -0.15) is 0 Å². The van der Waals surface area contributed by atoms with Crippen molar-refractivity contribution >= 4 is 40.2 Å². The predicted molar refractivity (Wildman–Crippen MR) is 98.7 cm³/mol. The van der Waals surface area contributed by atoms with Gasteiger partial charge in [-0.25, -0.2) is 0 Å². The van der Waals surface area contributed by atoms with Gasteiger partial charge in [0.25, 0.3) is 0 Å². The third kappa shape index (κ3) is 8.93. The number of carbonyl (C=O) groups excluding carboxylic acids is 2. The van der Waals surface area contributed by atoms with Crippen molar-refractivity contribution in [3.05, 3.63) is 34.3 Å². The van der Waals surface area contributed by atoms with E-state index >= 15 is 0 Å². The first-order valence-electron chi connectivity index (χ1n) is 7.43. The Labute approximate surface area is 152 Å². The lowest BCUT2D eigenvalue weighted by Crippen LogP contribution is -2.32. The Balaban J connectivity index is 0.00000484. The molecule has 0 fully saturated rings. The minimum atomic E-state index is -0.00323. The van der Waals surface area contributed by atoms with E-state index in [2.05, 4.69) is 26.6 Å². The van der Waals surface area contributed by atoms with Crippen LogP contribution in [0.3, 0.4) is 0 Å². The molecule has 1 aromatic rings. The van der Waals surface area contributed by atoms with Crippen molar-refractivity contribution in [2.45, 2.75) is 25.8 Å². The summed E-state index contributed by atoms with van der Waals surface area (Å²) in [6, 6.07) is 7.83. The topological polar surface area (TPSA) is 61.4 Å². The minimum Gasteiger partial charge on any atom is -0.356 e. The average Bonchev–Trinajstić information content (AvgIpc) is 2.49. The maximum atomic E-state index is 12.0. The second kappa shape index (κ2) is 12.3. The van der Waals surface area contributed by atoms with Gasteiger partial charge in [0.15, 0.2) is 0 Å². The van der Waals surface area contributed by atoms with Crippen LogP contribution in [0.5, 0.6) is 0 Å². The number of halogens is 2. The van der Waals surface area contributed by atoms with Gasteiger partial charge in [-0.3, -0.25) is 9.59 Å². The van der Waals surface area contributed by atoms with Crippen molar-refractivity contribution in [1.82, 2.24) is 15.5 Å². The fraction of sp³-hybridized carbons (Fsp3) is 0.500. The molecule has 0 saturated heterocycles. The lowest BCUT2D eigenvalue weighted by Gasteiger charge is -2.18. The highest BCUT2D eigenvalue weighted by Gasteiger charge is 2.11. The molecule has 130 valence electrons. The zero-order valence-electron chi connectivity index (χ0n) is 13.6. The Hall–Kier alpha value is -1.11. The van der Waals surface area contributed by atoms with Crippen molar-refractivity contribution in [1.29, 1.82) is 0 Å². The molecule has 7 heteroatoms. The number of rotatable bonds is 9. The highest BCUT2D eigenvalue weighted by atomic mass is 79.9.